The Balaban J connectivity index is 1.04. The van der Waals surface area contributed by atoms with E-state index in [0.29, 0.717) is 0 Å². The van der Waals surface area contributed by atoms with Gasteiger partial charge in [-0.05, 0) is 104 Å². The summed E-state index contributed by atoms with van der Waals surface area (Å²) in [5, 5.41) is 2.57. The lowest BCUT2D eigenvalue weighted by Crippen LogP contribution is -2.25. The largest absolute Gasteiger partial charge is 0.309 e. The molecule has 0 bridgehead atoms. The van der Waals surface area contributed by atoms with Gasteiger partial charge in [-0.1, -0.05) is 170 Å². The summed E-state index contributed by atoms with van der Waals surface area (Å²) < 4.78 is 2.59. The zero-order valence-electron chi connectivity index (χ0n) is 31.1. The van der Waals surface area contributed by atoms with Crippen LogP contribution in [-0.2, 0) is 5.41 Å². The zero-order valence-corrected chi connectivity index (χ0v) is 31.9. The van der Waals surface area contributed by atoms with Crippen molar-refractivity contribution < 1.29 is 0 Å². The van der Waals surface area contributed by atoms with Crippen molar-refractivity contribution >= 4 is 48.6 Å². The third-order valence-corrected chi connectivity index (χ3v) is 13.4. The number of benzene rings is 9. The van der Waals surface area contributed by atoms with Crippen LogP contribution < -0.4 is 4.90 Å². The summed E-state index contributed by atoms with van der Waals surface area (Å²) in [5.74, 6) is 0. The highest BCUT2D eigenvalue weighted by molar-refractivity contribution is 7.26. The first-order chi connectivity index (χ1) is 28.3. The van der Waals surface area contributed by atoms with E-state index in [1.54, 1.807) is 0 Å². The van der Waals surface area contributed by atoms with E-state index in [-0.39, 0.29) is 5.41 Å². The van der Waals surface area contributed by atoms with Gasteiger partial charge in [0.15, 0.2) is 0 Å². The summed E-state index contributed by atoms with van der Waals surface area (Å²) in [6.07, 6.45) is 0. The molecule has 0 aliphatic heterocycles. The van der Waals surface area contributed by atoms with E-state index in [1.165, 1.54) is 92.6 Å². The van der Waals surface area contributed by atoms with E-state index >= 15 is 0 Å². The predicted octanol–water partition coefficient (Wildman–Crippen LogP) is 15.2. The van der Waals surface area contributed by atoms with Gasteiger partial charge in [-0.15, -0.1) is 11.3 Å². The quantitative estimate of drug-likeness (QED) is 0.170. The van der Waals surface area contributed by atoms with Gasteiger partial charge in [-0.2, -0.15) is 0 Å². The summed E-state index contributed by atoms with van der Waals surface area (Å²) >= 11 is 1.86. The smallest absolute Gasteiger partial charge is 0.0725 e. The van der Waals surface area contributed by atoms with Crippen LogP contribution in [0.3, 0.4) is 0 Å². The monoisotopic (exact) mass is 741 g/mol. The third-order valence-electron chi connectivity index (χ3n) is 12.3. The molecule has 1 spiro atoms. The lowest BCUT2D eigenvalue weighted by Gasteiger charge is -2.30. The Kier molecular flexibility index (Phi) is 7.08. The number of anilines is 3. The standard InChI is InChI=1S/C55H35NS/c1-2-15-37(16-3-1)40-17-7-12-25-50(40)56(51-26-14-28-53-54(51)45-21-8-13-27-52(45)57-53)39-32-29-36(30-33-39)38-31-34-44-43-20-6-11-24-48(43)55(49(44)35-38)46-22-9-4-18-41(46)42-19-5-10-23-47(42)55/h1-35H. The highest BCUT2D eigenvalue weighted by atomic mass is 32.1. The number of para-hydroxylation sites is 1. The molecule has 266 valence electrons. The van der Waals surface area contributed by atoms with Crippen LogP contribution in [0.15, 0.2) is 212 Å². The molecule has 0 atom stereocenters. The fourth-order valence-electron chi connectivity index (χ4n) is 9.96. The topological polar surface area (TPSA) is 3.24 Å². The Morgan fingerprint density at radius 3 is 1.56 bits per heavy atom. The van der Waals surface area contributed by atoms with Crippen molar-refractivity contribution in [2.75, 3.05) is 4.90 Å². The molecule has 0 unspecified atom stereocenters. The molecule has 2 aliphatic carbocycles. The zero-order chi connectivity index (χ0) is 37.5. The maximum absolute atomic E-state index is 2.48. The summed E-state index contributed by atoms with van der Waals surface area (Å²) in [5.41, 5.74) is 18.6. The second kappa shape index (κ2) is 12.5. The lowest BCUT2D eigenvalue weighted by atomic mass is 9.70. The van der Waals surface area contributed by atoms with Crippen LogP contribution in [-0.4, -0.2) is 0 Å². The Hall–Kier alpha value is -7.00. The molecule has 0 amide bonds. The molecule has 57 heavy (non-hydrogen) atoms. The van der Waals surface area contributed by atoms with Crippen LogP contribution in [0, 0.1) is 0 Å². The second-order valence-corrected chi connectivity index (χ2v) is 16.2. The summed E-state index contributed by atoms with van der Waals surface area (Å²) in [7, 11) is 0. The average Bonchev–Trinajstić information content (AvgIpc) is 3.92. The number of hydrogen-bond acceptors (Lipinski definition) is 2. The first kappa shape index (κ1) is 32.3. The maximum atomic E-state index is 2.48. The molecule has 1 nitrogen and oxygen atoms in total. The molecule has 0 radical (unpaired) electrons. The number of nitrogens with zero attached hydrogens (tertiary/aromatic N) is 1. The van der Waals surface area contributed by atoms with Gasteiger partial charge in [0, 0.05) is 31.4 Å². The SMILES string of the molecule is c1ccc(-c2ccccc2N(c2ccc(-c3ccc4c(c3)C3(c5ccccc5-c5ccccc53)c3ccccc3-4)cc2)c2cccc3sc4ccccc4c23)cc1. The Morgan fingerprint density at radius 1 is 0.333 bits per heavy atom. The van der Waals surface area contributed by atoms with E-state index in [4.69, 9.17) is 0 Å². The van der Waals surface area contributed by atoms with Crippen LogP contribution in [0.4, 0.5) is 17.1 Å². The molecule has 0 saturated heterocycles. The molecular formula is C55H35NS. The minimum atomic E-state index is -0.366. The van der Waals surface area contributed by atoms with Crippen LogP contribution >= 0.6 is 11.3 Å². The van der Waals surface area contributed by atoms with Gasteiger partial charge in [-0.25, -0.2) is 0 Å². The van der Waals surface area contributed by atoms with Crippen LogP contribution in [0.2, 0.25) is 0 Å². The number of thiophene rings is 1. The fraction of sp³-hybridized carbons (Fsp3) is 0.0182. The molecule has 1 aromatic heterocycles. The van der Waals surface area contributed by atoms with Gasteiger partial charge in [0.05, 0.1) is 16.8 Å². The Labute approximate surface area is 336 Å². The Morgan fingerprint density at radius 2 is 0.860 bits per heavy atom. The third kappa shape index (κ3) is 4.62. The molecule has 12 rings (SSSR count). The number of hydrogen-bond donors (Lipinski definition) is 0. The van der Waals surface area contributed by atoms with Crippen molar-refractivity contribution in [2.24, 2.45) is 0 Å². The van der Waals surface area contributed by atoms with Gasteiger partial charge in [0.25, 0.3) is 0 Å². The van der Waals surface area contributed by atoms with E-state index in [1.807, 2.05) is 11.3 Å². The summed E-state index contributed by atoms with van der Waals surface area (Å²) in [4.78, 5) is 2.47. The van der Waals surface area contributed by atoms with Crippen molar-refractivity contribution in [3.8, 4) is 44.5 Å². The molecule has 9 aromatic carbocycles. The van der Waals surface area contributed by atoms with Crippen LogP contribution in [0.1, 0.15) is 22.3 Å². The molecule has 2 aliphatic rings. The van der Waals surface area contributed by atoms with Crippen molar-refractivity contribution in [2.45, 2.75) is 5.41 Å². The molecular weight excluding hydrogens is 707 g/mol. The maximum Gasteiger partial charge on any atom is 0.0725 e. The fourth-order valence-corrected chi connectivity index (χ4v) is 11.1. The molecule has 10 aromatic rings. The number of rotatable bonds is 5. The summed E-state index contributed by atoms with van der Waals surface area (Å²) in [6.45, 7) is 0. The van der Waals surface area contributed by atoms with Crippen LogP contribution in [0.25, 0.3) is 64.7 Å². The van der Waals surface area contributed by atoms with E-state index < -0.39 is 0 Å². The number of fused-ring (bicyclic) bond motifs is 13. The highest BCUT2D eigenvalue weighted by Crippen LogP contribution is 2.63. The minimum Gasteiger partial charge on any atom is -0.309 e. The van der Waals surface area contributed by atoms with E-state index in [2.05, 4.69) is 217 Å². The first-order valence-electron chi connectivity index (χ1n) is 19.7. The minimum absolute atomic E-state index is 0.366. The van der Waals surface area contributed by atoms with Gasteiger partial charge in [-0.3, -0.25) is 0 Å². The normalized spacial score (nSPS) is 13.1. The molecule has 2 heteroatoms. The van der Waals surface area contributed by atoms with Crippen molar-refractivity contribution in [1.82, 2.24) is 0 Å². The van der Waals surface area contributed by atoms with Gasteiger partial charge < -0.3 is 4.90 Å². The second-order valence-electron chi connectivity index (χ2n) is 15.2. The molecule has 0 fully saturated rings. The Bertz CT molecular complexity index is 3130. The first-order valence-corrected chi connectivity index (χ1v) is 20.5. The lowest BCUT2D eigenvalue weighted by molar-refractivity contribution is 0.794. The average molecular weight is 742 g/mol. The van der Waals surface area contributed by atoms with Crippen molar-refractivity contribution in [1.29, 1.82) is 0 Å². The highest BCUT2D eigenvalue weighted by Gasteiger charge is 2.51. The van der Waals surface area contributed by atoms with E-state index in [0.717, 1.165) is 11.4 Å². The predicted molar refractivity (Wildman–Crippen MR) is 241 cm³/mol. The van der Waals surface area contributed by atoms with Crippen molar-refractivity contribution in [3.05, 3.63) is 235 Å². The molecule has 0 saturated carbocycles. The molecule has 0 N–H and O–H groups in total. The van der Waals surface area contributed by atoms with Gasteiger partial charge in [0.2, 0.25) is 0 Å². The van der Waals surface area contributed by atoms with Gasteiger partial charge >= 0.3 is 0 Å². The van der Waals surface area contributed by atoms with Crippen LogP contribution in [0.5, 0.6) is 0 Å². The van der Waals surface area contributed by atoms with E-state index in [9.17, 15) is 0 Å². The van der Waals surface area contributed by atoms with Crippen molar-refractivity contribution in [3.63, 3.8) is 0 Å². The van der Waals surface area contributed by atoms with Gasteiger partial charge in [0.1, 0.15) is 0 Å². The summed E-state index contributed by atoms with van der Waals surface area (Å²) in [6, 6.07) is 78.6. The molecule has 1 heterocycles.